The molecule has 0 bridgehead atoms. The third-order valence-corrected chi connectivity index (χ3v) is 4.11. The van der Waals surface area contributed by atoms with E-state index in [1.807, 2.05) is 34.8 Å². The fourth-order valence-corrected chi connectivity index (χ4v) is 2.74. The van der Waals surface area contributed by atoms with E-state index in [1.165, 1.54) is 71.4 Å². The highest BCUT2D eigenvalue weighted by Gasteiger charge is 2.14. The number of nitrogens with zero attached hydrogens (tertiary/aromatic N) is 2. The lowest BCUT2D eigenvalue weighted by atomic mass is 10.1. The molecule has 136 valence electrons. The molecule has 1 aliphatic rings. The Labute approximate surface area is 141 Å². The lowest BCUT2D eigenvalue weighted by Gasteiger charge is -2.34. The molecule has 0 aromatic heterocycles. The SMILES string of the molecule is CC.CC.CCCC(CCCCN1CCN(CC)CC1)OC. The number of hydrogen-bond acceptors (Lipinski definition) is 3. The van der Waals surface area contributed by atoms with Crippen LogP contribution in [0, 0.1) is 0 Å². The smallest absolute Gasteiger partial charge is 0.0571 e. The van der Waals surface area contributed by atoms with Crippen LogP contribution in [0.2, 0.25) is 0 Å². The van der Waals surface area contributed by atoms with E-state index >= 15 is 0 Å². The molecule has 0 aliphatic carbocycles. The maximum Gasteiger partial charge on any atom is 0.0571 e. The predicted molar refractivity (Wildman–Crippen MR) is 101 cm³/mol. The quantitative estimate of drug-likeness (QED) is 0.575. The van der Waals surface area contributed by atoms with Crippen LogP contribution in [-0.4, -0.2) is 62.3 Å². The van der Waals surface area contributed by atoms with Crippen LogP contribution in [0.5, 0.6) is 0 Å². The highest BCUT2D eigenvalue weighted by molar-refractivity contribution is 4.71. The van der Waals surface area contributed by atoms with E-state index in [2.05, 4.69) is 23.6 Å². The third kappa shape index (κ3) is 12.4. The topological polar surface area (TPSA) is 15.7 Å². The molecule has 1 atom stereocenters. The van der Waals surface area contributed by atoms with Crippen molar-refractivity contribution in [1.29, 1.82) is 0 Å². The maximum atomic E-state index is 5.49. The molecule has 22 heavy (non-hydrogen) atoms. The van der Waals surface area contributed by atoms with Gasteiger partial charge in [0.25, 0.3) is 0 Å². The monoisotopic (exact) mass is 316 g/mol. The van der Waals surface area contributed by atoms with E-state index in [1.54, 1.807) is 0 Å². The van der Waals surface area contributed by atoms with Crippen molar-refractivity contribution in [1.82, 2.24) is 9.80 Å². The third-order valence-electron chi connectivity index (χ3n) is 4.11. The number of likely N-dealkylation sites (N-methyl/N-ethyl adjacent to an activating group) is 1. The summed E-state index contributed by atoms with van der Waals surface area (Å²) in [5.74, 6) is 0. The zero-order valence-corrected chi connectivity index (χ0v) is 16.7. The fourth-order valence-electron chi connectivity index (χ4n) is 2.74. The summed E-state index contributed by atoms with van der Waals surface area (Å²) in [5.41, 5.74) is 0. The Balaban J connectivity index is 0. The Bertz CT molecular complexity index is 192. The molecule has 3 nitrogen and oxygen atoms in total. The number of hydrogen-bond donors (Lipinski definition) is 0. The Kier molecular flexibility index (Phi) is 20.8. The van der Waals surface area contributed by atoms with Crippen molar-refractivity contribution in [2.24, 2.45) is 0 Å². The summed E-state index contributed by atoms with van der Waals surface area (Å²) < 4.78 is 5.49. The molecule has 1 unspecified atom stereocenters. The van der Waals surface area contributed by atoms with Gasteiger partial charge < -0.3 is 14.5 Å². The number of rotatable bonds is 9. The van der Waals surface area contributed by atoms with Crippen LogP contribution in [0.1, 0.15) is 73.6 Å². The molecule has 1 aliphatic heterocycles. The maximum absolute atomic E-state index is 5.49. The van der Waals surface area contributed by atoms with E-state index in [-0.39, 0.29) is 0 Å². The van der Waals surface area contributed by atoms with Crippen LogP contribution < -0.4 is 0 Å². The minimum absolute atomic E-state index is 0.493. The molecule has 0 radical (unpaired) electrons. The highest BCUT2D eigenvalue weighted by atomic mass is 16.5. The molecule has 1 saturated heterocycles. The first-order valence-corrected chi connectivity index (χ1v) is 9.77. The second kappa shape index (κ2) is 18.9. The highest BCUT2D eigenvalue weighted by Crippen LogP contribution is 2.11. The van der Waals surface area contributed by atoms with Gasteiger partial charge in [-0.3, -0.25) is 0 Å². The summed E-state index contributed by atoms with van der Waals surface area (Å²) in [5, 5.41) is 0. The van der Waals surface area contributed by atoms with Gasteiger partial charge in [0.05, 0.1) is 6.10 Å². The average Bonchev–Trinajstić information content (AvgIpc) is 2.61. The van der Waals surface area contributed by atoms with Crippen LogP contribution in [0.25, 0.3) is 0 Å². The zero-order chi connectivity index (χ0) is 17.2. The van der Waals surface area contributed by atoms with Gasteiger partial charge in [0, 0.05) is 33.3 Å². The van der Waals surface area contributed by atoms with Gasteiger partial charge in [-0.15, -0.1) is 0 Å². The van der Waals surface area contributed by atoms with Crippen molar-refractivity contribution in [2.75, 3.05) is 46.4 Å². The van der Waals surface area contributed by atoms with Crippen LogP contribution >= 0.6 is 0 Å². The van der Waals surface area contributed by atoms with Gasteiger partial charge in [-0.25, -0.2) is 0 Å². The van der Waals surface area contributed by atoms with Crippen LogP contribution in [0.15, 0.2) is 0 Å². The minimum Gasteiger partial charge on any atom is -0.381 e. The molecule has 0 amide bonds. The molecule has 1 rings (SSSR count). The molecule has 0 spiro atoms. The molecular weight excluding hydrogens is 272 g/mol. The zero-order valence-electron chi connectivity index (χ0n) is 16.7. The Hall–Kier alpha value is -0.120. The molecular formula is C19H44N2O. The van der Waals surface area contributed by atoms with Crippen LogP contribution in [-0.2, 0) is 4.74 Å². The summed E-state index contributed by atoms with van der Waals surface area (Å²) in [6.45, 7) is 20.0. The van der Waals surface area contributed by atoms with Crippen molar-refractivity contribution in [3.63, 3.8) is 0 Å². The normalized spacial score (nSPS) is 17.0. The number of ether oxygens (including phenoxy) is 1. The Morgan fingerprint density at radius 3 is 1.82 bits per heavy atom. The molecule has 0 saturated carbocycles. The van der Waals surface area contributed by atoms with Gasteiger partial charge in [0.1, 0.15) is 0 Å². The van der Waals surface area contributed by atoms with Crippen molar-refractivity contribution < 1.29 is 4.74 Å². The van der Waals surface area contributed by atoms with Crippen molar-refractivity contribution in [2.45, 2.75) is 79.8 Å². The first-order valence-electron chi connectivity index (χ1n) is 9.77. The van der Waals surface area contributed by atoms with Crippen molar-refractivity contribution >= 4 is 0 Å². The fraction of sp³-hybridized carbons (Fsp3) is 1.00. The van der Waals surface area contributed by atoms with E-state index in [9.17, 15) is 0 Å². The molecule has 1 fully saturated rings. The number of piperazine rings is 1. The Morgan fingerprint density at radius 1 is 0.818 bits per heavy atom. The van der Waals surface area contributed by atoms with E-state index < -0.39 is 0 Å². The van der Waals surface area contributed by atoms with Crippen molar-refractivity contribution in [3.8, 4) is 0 Å². The van der Waals surface area contributed by atoms with Crippen LogP contribution in [0.4, 0.5) is 0 Å². The van der Waals surface area contributed by atoms with Gasteiger partial charge in [-0.05, 0) is 38.8 Å². The predicted octanol–water partition coefficient (Wildman–Crippen LogP) is 4.66. The Morgan fingerprint density at radius 2 is 1.36 bits per heavy atom. The summed E-state index contributed by atoms with van der Waals surface area (Å²) in [6.07, 6.45) is 6.82. The van der Waals surface area contributed by atoms with Gasteiger partial charge >= 0.3 is 0 Å². The summed E-state index contributed by atoms with van der Waals surface area (Å²) >= 11 is 0. The van der Waals surface area contributed by atoms with Gasteiger partial charge in [-0.2, -0.15) is 0 Å². The first-order chi connectivity index (χ1) is 10.8. The van der Waals surface area contributed by atoms with Gasteiger partial charge in [0.15, 0.2) is 0 Å². The van der Waals surface area contributed by atoms with E-state index in [0.717, 1.165) is 0 Å². The molecule has 0 aromatic carbocycles. The molecule has 0 N–H and O–H groups in total. The summed E-state index contributed by atoms with van der Waals surface area (Å²) in [4.78, 5) is 5.16. The minimum atomic E-state index is 0.493. The second-order valence-electron chi connectivity index (χ2n) is 5.42. The molecule has 3 heteroatoms. The largest absolute Gasteiger partial charge is 0.381 e. The number of unbranched alkanes of at least 4 members (excludes halogenated alkanes) is 1. The van der Waals surface area contributed by atoms with E-state index in [0.29, 0.717) is 6.10 Å². The van der Waals surface area contributed by atoms with Crippen LogP contribution in [0.3, 0.4) is 0 Å². The van der Waals surface area contributed by atoms with E-state index in [4.69, 9.17) is 4.74 Å². The second-order valence-corrected chi connectivity index (χ2v) is 5.42. The summed E-state index contributed by atoms with van der Waals surface area (Å²) in [6, 6.07) is 0. The van der Waals surface area contributed by atoms with Gasteiger partial charge in [-0.1, -0.05) is 48.0 Å². The lowest BCUT2D eigenvalue weighted by Crippen LogP contribution is -2.46. The van der Waals surface area contributed by atoms with Gasteiger partial charge in [0.2, 0.25) is 0 Å². The standard InChI is InChI=1S/C15H32N2O.2C2H6/c1-4-8-15(18-3)9-6-7-10-17-13-11-16(5-2)12-14-17;2*1-2/h15H,4-14H2,1-3H3;2*1-2H3. The first kappa shape index (κ1) is 24.1. The number of methoxy groups -OCH3 is 1. The lowest BCUT2D eigenvalue weighted by molar-refractivity contribution is 0.0827. The van der Waals surface area contributed by atoms with Crippen molar-refractivity contribution in [3.05, 3.63) is 0 Å². The average molecular weight is 317 g/mol. The molecule has 0 aromatic rings. The molecule has 1 heterocycles. The summed E-state index contributed by atoms with van der Waals surface area (Å²) in [7, 11) is 1.85.